The number of benzene rings is 2. The van der Waals surface area contributed by atoms with Gasteiger partial charge >= 0.3 is 5.97 Å². The van der Waals surface area contributed by atoms with Crippen LogP contribution in [0.5, 0.6) is 0 Å². The second kappa shape index (κ2) is 15.3. The summed E-state index contributed by atoms with van der Waals surface area (Å²) < 4.78 is 29.6. The second-order valence-corrected chi connectivity index (χ2v) is 14.9. The van der Waals surface area contributed by atoms with E-state index >= 15 is 0 Å². The number of ether oxygens (including phenoxy) is 1. The second-order valence-electron chi connectivity index (χ2n) is 12.6. The quantitative estimate of drug-likeness (QED) is 0.291. The predicted octanol–water partition coefficient (Wildman–Crippen LogP) is 5.48. The summed E-state index contributed by atoms with van der Waals surface area (Å²) in [6, 6.07) is 12.6. The number of carbonyl (C=O) groups excluding carboxylic acids is 1. The topological polar surface area (TPSA) is 113 Å². The first kappa shape index (κ1) is 33.1. The number of carboxylic acid groups (broad SMARTS) is 1. The monoisotopic (exact) mass is 612 g/mol. The molecule has 8 nitrogen and oxygen atoms in total. The SMILES string of the molecule is CCC1CC(COCC2CCCCC2)N(Cc2ccc(C(=O)NC(CCS(C)(=O)=O)C(=O)O)c(-c3ccccc3C)c2)C1. The molecule has 9 heteroatoms. The highest BCUT2D eigenvalue weighted by Crippen LogP contribution is 2.32. The van der Waals surface area contributed by atoms with Crippen LogP contribution in [0.15, 0.2) is 42.5 Å². The van der Waals surface area contributed by atoms with E-state index in [1.54, 1.807) is 6.07 Å². The smallest absolute Gasteiger partial charge is 0.326 e. The Hall–Kier alpha value is -2.75. The van der Waals surface area contributed by atoms with E-state index in [9.17, 15) is 23.1 Å². The molecule has 4 rings (SSSR count). The third kappa shape index (κ3) is 9.62. The molecule has 1 aliphatic heterocycles. The van der Waals surface area contributed by atoms with Crippen molar-refractivity contribution in [2.24, 2.45) is 11.8 Å². The highest BCUT2D eigenvalue weighted by atomic mass is 32.2. The molecule has 236 valence electrons. The number of nitrogens with zero attached hydrogens (tertiary/aromatic N) is 1. The van der Waals surface area contributed by atoms with Gasteiger partial charge in [0.2, 0.25) is 0 Å². The Morgan fingerprint density at radius 2 is 1.79 bits per heavy atom. The van der Waals surface area contributed by atoms with Gasteiger partial charge in [-0.05, 0) is 78.8 Å². The maximum Gasteiger partial charge on any atom is 0.326 e. The molecule has 3 unspecified atom stereocenters. The van der Waals surface area contributed by atoms with E-state index in [0.29, 0.717) is 23.4 Å². The number of carbonyl (C=O) groups is 2. The highest BCUT2D eigenvalue weighted by Gasteiger charge is 2.32. The number of carboxylic acids is 1. The van der Waals surface area contributed by atoms with Crippen LogP contribution >= 0.6 is 0 Å². The third-order valence-electron chi connectivity index (χ3n) is 9.11. The van der Waals surface area contributed by atoms with E-state index in [4.69, 9.17) is 4.74 Å². The van der Waals surface area contributed by atoms with Gasteiger partial charge < -0.3 is 15.2 Å². The lowest BCUT2D eigenvalue weighted by atomic mass is 9.90. The van der Waals surface area contributed by atoms with Gasteiger partial charge in [0.1, 0.15) is 15.9 Å². The van der Waals surface area contributed by atoms with Gasteiger partial charge in [-0.25, -0.2) is 13.2 Å². The molecule has 1 aliphatic carbocycles. The lowest BCUT2D eigenvalue weighted by Crippen LogP contribution is -2.42. The first-order valence-electron chi connectivity index (χ1n) is 15.8. The van der Waals surface area contributed by atoms with Crippen molar-refractivity contribution in [1.82, 2.24) is 10.2 Å². The molecule has 0 bridgehead atoms. The minimum Gasteiger partial charge on any atom is -0.480 e. The number of nitrogens with one attached hydrogen (secondary N) is 1. The van der Waals surface area contributed by atoms with E-state index in [2.05, 4.69) is 17.1 Å². The average molecular weight is 613 g/mol. The van der Waals surface area contributed by atoms with Gasteiger partial charge in [-0.15, -0.1) is 0 Å². The van der Waals surface area contributed by atoms with Crippen LogP contribution < -0.4 is 5.32 Å². The number of aryl methyl sites for hydroxylation is 1. The molecule has 2 N–H and O–H groups in total. The molecular formula is C34H48N2O6S. The lowest BCUT2D eigenvalue weighted by Gasteiger charge is -2.27. The van der Waals surface area contributed by atoms with Crippen LogP contribution in [0.4, 0.5) is 0 Å². The maximum absolute atomic E-state index is 13.5. The van der Waals surface area contributed by atoms with Crippen molar-refractivity contribution in [2.75, 3.05) is 31.8 Å². The molecule has 2 aromatic carbocycles. The Balaban J connectivity index is 1.54. The minimum atomic E-state index is -3.38. The number of hydrogen-bond acceptors (Lipinski definition) is 6. The molecule has 2 aromatic rings. The molecule has 0 spiro atoms. The predicted molar refractivity (Wildman–Crippen MR) is 170 cm³/mol. The lowest BCUT2D eigenvalue weighted by molar-refractivity contribution is -0.139. The van der Waals surface area contributed by atoms with Crippen molar-refractivity contribution in [3.63, 3.8) is 0 Å². The molecule has 0 radical (unpaired) electrons. The third-order valence-corrected chi connectivity index (χ3v) is 10.1. The van der Waals surface area contributed by atoms with E-state index < -0.39 is 27.8 Å². The van der Waals surface area contributed by atoms with Gasteiger partial charge in [0.25, 0.3) is 5.91 Å². The molecule has 1 saturated carbocycles. The van der Waals surface area contributed by atoms with Crippen LogP contribution in [0.25, 0.3) is 11.1 Å². The zero-order chi connectivity index (χ0) is 31.0. The number of rotatable bonds is 14. The van der Waals surface area contributed by atoms with Crippen LogP contribution in [0, 0.1) is 18.8 Å². The largest absolute Gasteiger partial charge is 0.480 e. The molecule has 1 saturated heterocycles. The van der Waals surface area contributed by atoms with Crippen molar-refractivity contribution in [3.05, 3.63) is 59.2 Å². The van der Waals surface area contributed by atoms with Crippen molar-refractivity contribution >= 4 is 21.7 Å². The van der Waals surface area contributed by atoms with E-state index in [1.807, 2.05) is 43.3 Å². The van der Waals surface area contributed by atoms with E-state index in [-0.39, 0.29) is 12.2 Å². The number of likely N-dealkylation sites (tertiary alicyclic amines) is 1. The van der Waals surface area contributed by atoms with Crippen molar-refractivity contribution in [2.45, 2.75) is 83.8 Å². The molecule has 1 heterocycles. The molecule has 3 atom stereocenters. The summed E-state index contributed by atoms with van der Waals surface area (Å²) in [5.41, 5.74) is 4.08. The molecule has 1 amide bonds. The highest BCUT2D eigenvalue weighted by molar-refractivity contribution is 7.90. The standard InChI is InChI=1S/C34H48N2O6S/c1-4-25-18-28(23-42-22-26-11-6-5-7-12-26)36(20-25)21-27-14-15-30(31(19-27)29-13-9-8-10-24(29)2)33(37)35-32(34(38)39)16-17-43(3,40)41/h8-10,13-15,19,25-26,28,32H,4-7,11-12,16-18,20-23H2,1-3H3,(H,35,37)(H,38,39). The Morgan fingerprint density at radius 3 is 2.47 bits per heavy atom. The molecule has 2 fully saturated rings. The molecular weight excluding hydrogens is 564 g/mol. The first-order valence-corrected chi connectivity index (χ1v) is 17.8. The van der Waals surface area contributed by atoms with Gasteiger partial charge in [-0.1, -0.05) is 62.9 Å². The van der Waals surface area contributed by atoms with Gasteiger partial charge in [0, 0.05) is 37.6 Å². The first-order chi connectivity index (χ1) is 20.5. The molecule has 43 heavy (non-hydrogen) atoms. The average Bonchev–Trinajstić information content (AvgIpc) is 3.36. The van der Waals surface area contributed by atoms with Gasteiger partial charge in [0.05, 0.1) is 12.4 Å². The summed E-state index contributed by atoms with van der Waals surface area (Å²) >= 11 is 0. The van der Waals surface area contributed by atoms with Crippen LogP contribution in [-0.2, 0) is 25.9 Å². The summed E-state index contributed by atoms with van der Waals surface area (Å²) in [5.74, 6) is -0.806. The van der Waals surface area contributed by atoms with E-state index in [1.165, 1.54) is 32.1 Å². The zero-order valence-electron chi connectivity index (χ0n) is 25.9. The normalized spacial score (nSPS) is 20.6. The van der Waals surface area contributed by atoms with Crippen molar-refractivity contribution < 1.29 is 27.9 Å². The van der Waals surface area contributed by atoms with Crippen LogP contribution in [-0.4, -0.2) is 74.2 Å². The fourth-order valence-electron chi connectivity index (χ4n) is 6.52. The summed E-state index contributed by atoms with van der Waals surface area (Å²) in [5, 5.41) is 12.2. The Kier molecular flexibility index (Phi) is 11.8. The summed E-state index contributed by atoms with van der Waals surface area (Å²) in [6.07, 6.45) is 9.64. The number of sulfone groups is 1. The summed E-state index contributed by atoms with van der Waals surface area (Å²) in [7, 11) is -3.38. The van der Waals surface area contributed by atoms with Crippen LogP contribution in [0.2, 0.25) is 0 Å². The van der Waals surface area contributed by atoms with Gasteiger partial charge in [-0.2, -0.15) is 0 Å². The number of amides is 1. The van der Waals surface area contributed by atoms with E-state index in [0.717, 1.165) is 67.7 Å². The number of aliphatic carboxylic acids is 1. The molecule has 0 aromatic heterocycles. The Bertz CT molecular complexity index is 1350. The van der Waals surface area contributed by atoms with Crippen LogP contribution in [0.3, 0.4) is 0 Å². The van der Waals surface area contributed by atoms with Crippen molar-refractivity contribution in [1.29, 1.82) is 0 Å². The van der Waals surface area contributed by atoms with Crippen molar-refractivity contribution in [3.8, 4) is 11.1 Å². The van der Waals surface area contributed by atoms with Crippen LogP contribution in [0.1, 0.15) is 79.8 Å². The summed E-state index contributed by atoms with van der Waals surface area (Å²) in [4.78, 5) is 27.8. The van der Waals surface area contributed by atoms with Gasteiger partial charge in [0.15, 0.2) is 0 Å². The summed E-state index contributed by atoms with van der Waals surface area (Å²) in [6.45, 7) is 7.57. The fraction of sp³-hybridized carbons (Fsp3) is 0.588. The zero-order valence-corrected chi connectivity index (χ0v) is 26.7. The Labute approximate surface area is 257 Å². The fourth-order valence-corrected chi connectivity index (χ4v) is 7.19. The molecule has 2 aliphatic rings. The Morgan fingerprint density at radius 1 is 1.05 bits per heavy atom. The maximum atomic E-state index is 13.5. The van der Waals surface area contributed by atoms with Gasteiger partial charge in [-0.3, -0.25) is 9.69 Å². The number of hydrogen-bond donors (Lipinski definition) is 2. The minimum absolute atomic E-state index is 0.199.